The van der Waals surface area contributed by atoms with Crippen molar-refractivity contribution in [2.75, 3.05) is 6.61 Å². The van der Waals surface area contributed by atoms with E-state index in [0.717, 1.165) is 10.1 Å². The Hall–Kier alpha value is -2.48. The summed E-state index contributed by atoms with van der Waals surface area (Å²) in [5.74, 6) is 0. The maximum Gasteiger partial charge on any atom is 0.330 e. The number of benzene rings is 1. The van der Waals surface area contributed by atoms with E-state index in [-0.39, 0.29) is 23.5 Å². The lowest BCUT2D eigenvalue weighted by Crippen LogP contribution is -2.45. The van der Waals surface area contributed by atoms with E-state index in [2.05, 4.69) is 0 Å². The van der Waals surface area contributed by atoms with Crippen LogP contribution in [0.3, 0.4) is 0 Å². The van der Waals surface area contributed by atoms with Gasteiger partial charge in [-0.05, 0) is 0 Å². The SMILES string of the molecule is Cn1cc([C@H]2C=C[C@@H]3O[C@H](c4ccccc4)OC[C@H]3O2)c(=O)n(C)c1=O. The van der Waals surface area contributed by atoms with Gasteiger partial charge in [-0.2, -0.15) is 0 Å². The van der Waals surface area contributed by atoms with Gasteiger partial charge in [0.25, 0.3) is 5.56 Å². The summed E-state index contributed by atoms with van der Waals surface area (Å²) >= 11 is 0. The Morgan fingerprint density at radius 1 is 1.04 bits per heavy atom. The van der Waals surface area contributed by atoms with Crippen LogP contribution >= 0.6 is 0 Å². The number of rotatable bonds is 2. The molecule has 4 atom stereocenters. The standard InChI is InChI=1S/C19H20N2O5/c1-20-10-13(17(22)21(2)19(20)23)14-8-9-15-16(25-14)11-24-18(26-15)12-6-4-3-5-7-12/h3-10,14-16,18H,11H2,1-2H3/t14-,15+,16-,18-/m1/s1. The molecule has 0 saturated carbocycles. The molecule has 1 aromatic heterocycles. The third-order valence-corrected chi connectivity index (χ3v) is 4.71. The first-order valence-corrected chi connectivity index (χ1v) is 8.47. The third-order valence-electron chi connectivity index (χ3n) is 4.71. The van der Waals surface area contributed by atoms with Gasteiger partial charge in [-0.1, -0.05) is 42.5 Å². The fourth-order valence-electron chi connectivity index (χ4n) is 3.27. The minimum absolute atomic E-state index is 0.249. The average Bonchev–Trinajstić information content (AvgIpc) is 2.69. The number of hydrogen-bond acceptors (Lipinski definition) is 5. The molecule has 0 bridgehead atoms. The molecule has 0 N–H and O–H groups in total. The molecular formula is C19H20N2O5. The van der Waals surface area contributed by atoms with Gasteiger partial charge in [0.2, 0.25) is 0 Å². The first kappa shape index (κ1) is 17.0. The number of nitrogens with zero attached hydrogens (tertiary/aromatic N) is 2. The summed E-state index contributed by atoms with van der Waals surface area (Å²) < 4.78 is 20.3. The van der Waals surface area contributed by atoms with Crippen molar-refractivity contribution in [1.29, 1.82) is 0 Å². The molecule has 2 aliphatic rings. The number of aromatic nitrogens is 2. The van der Waals surface area contributed by atoms with Crippen LogP contribution in [0.1, 0.15) is 23.5 Å². The van der Waals surface area contributed by atoms with Crippen LogP contribution in [0, 0.1) is 0 Å². The molecule has 1 saturated heterocycles. The third kappa shape index (κ3) is 2.94. The van der Waals surface area contributed by atoms with Crippen LogP contribution in [0.25, 0.3) is 0 Å². The Morgan fingerprint density at radius 2 is 1.81 bits per heavy atom. The summed E-state index contributed by atoms with van der Waals surface area (Å²) in [4.78, 5) is 24.3. The number of aryl methyl sites for hydroxylation is 1. The van der Waals surface area contributed by atoms with Gasteiger partial charge in [0.15, 0.2) is 6.29 Å². The molecule has 7 heteroatoms. The van der Waals surface area contributed by atoms with Gasteiger partial charge < -0.3 is 18.8 Å². The second kappa shape index (κ2) is 6.68. The van der Waals surface area contributed by atoms with E-state index in [9.17, 15) is 9.59 Å². The quantitative estimate of drug-likeness (QED) is 0.756. The van der Waals surface area contributed by atoms with Gasteiger partial charge in [-0.3, -0.25) is 9.36 Å². The van der Waals surface area contributed by atoms with E-state index in [1.54, 1.807) is 13.1 Å². The molecule has 1 fully saturated rings. The Kier molecular flexibility index (Phi) is 4.36. The highest BCUT2D eigenvalue weighted by Crippen LogP contribution is 2.33. The molecule has 2 aliphatic heterocycles. The van der Waals surface area contributed by atoms with Crippen molar-refractivity contribution in [2.45, 2.75) is 24.6 Å². The zero-order chi connectivity index (χ0) is 18.3. The molecular weight excluding hydrogens is 336 g/mol. The van der Waals surface area contributed by atoms with Crippen LogP contribution in [0.15, 0.2) is 58.3 Å². The van der Waals surface area contributed by atoms with Crippen LogP contribution in [-0.4, -0.2) is 27.9 Å². The molecule has 0 radical (unpaired) electrons. The zero-order valence-electron chi connectivity index (χ0n) is 14.6. The van der Waals surface area contributed by atoms with Gasteiger partial charge in [-0.25, -0.2) is 4.79 Å². The minimum Gasteiger partial charge on any atom is -0.360 e. The highest BCUT2D eigenvalue weighted by atomic mass is 16.7. The second-order valence-electron chi connectivity index (χ2n) is 6.50. The van der Waals surface area contributed by atoms with Gasteiger partial charge >= 0.3 is 5.69 Å². The summed E-state index contributed by atoms with van der Waals surface area (Å²) in [5, 5.41) is 0. The molecule has 0 amide bonds. The smallest absolute Gasteiger partial charge is 0.330 e. The zero-order valence-corrected chi connectivity index (χ0v) is 14.6. The lowest BCUT2D eigenvalue weighted by Gasteiger charge is -2.39. The summed E-state index contributed by atoms with van der Waals surface area (Å²) in [6, 6.07) is 9.72. The molecule has 2 aromatic rings. The summed E-state index contributed by atoms with van der Waals surface area (Å²) in [5.41, 5.74) is 0.635. The Balaban J connectivity index is 1.57. The Labute approximate surface area is 150 Å². The highest BCUT2D eigenvalue weighted by Gasteiger charge is 2.36. The molecule has 4 rings (SSSR count). The fraction of sp³-hybridized carbons (Fsp3) is 0.368. The topological polar surface area (TPSA) is 71.7 Å². The lowest BCUT2D eigenvalue weighted by atomic mass is 10.0. The van der Waals surface area contributed by atoms with E-state index < -0.39 is 12.4 Å². The van der Waals surface area contributed by atoms with E-state index in [1.165, 1.54) is 17.8 Å². The van der Waals surface area contributed by atoms with E-state index >= 15 is 0 Å². The highest BCUT2D eigenvalue weighted by molar-refractivity contribution is 5.20. The van der Waals surface area contributed by atoms with E-state index in [1.807, 2.05) is 36.4 Å². The van der Waals surface area contributed by atoms with Crippen molar-refractivity contribution in [1.82, 2.24) is 9.13 Å². The Bertz CT molecular complexity index is 947. The second-order valence-corrected chi connectivity index (χ2v) is 6.50. The largest absolute Gasteiger partial charge is 0.360 e. The van der Waals surface area contributed by atoms with E-state index in [4.69, 9.17) is 14.2 Å². The molecule has 3 heterocycles. The molecule has 0 aliphatic carbocycles. The number of fused-ring (bicyclic) bond motifs is 1. The van der Waals surface area contributed by atoms with Crippen molar-refractivity contribution >= 4 is 0 Å². The van der Waals surface area contributed by atoms with Crippen LogP contribution in [-0.2, 0) is 28.3 Å². The maximum atomic E-state index is 12.4. The average molecular weight is 356 g/mol. The van der Waals surface area contributed by atoms with Gasteiger partial charge in [0, 0.05) is 25.9 Å². The minimum atomic E-state index is -0.540. The summed E-state index contributed by atoms with van der Waals surface area (Å²) in [7, 11) is 3.07. The predicted molar refractivity (Wildman–Crippen MR) is 93.7 cm³/mol. The van der Waals surface area contributed by atoms with Crippen LogP contribution in [0.4, 0.5) is 0 Å². The van der Waals surface area contributed by atoms with Gasteiger partial charge in [0.05, 0.1) is 12.2 Å². The number of hydrogen-bond donors (Lipinski definition) is 0. The van der Waals surface area contributed by atoms with Crippen molar-refractivity contribution in [3.05, 3.63) is 80.6 Å². The van der Waals surface area contributed by atoms with Crippen LogP contribution < -0.4 is 11.2 Å². The van der Waals surface area contributed by atoms with Crippen molar-refractivity contribution < 1.29 is 14.2 Å². The van der Waals surface area contributed by atoms with Crippen molar-refractivity contribution in [3.63, 3.8) is 0 Å². The summed E-state index contributed by atoms with van der Waals surface area (Å²) in [6.45, 7) is 0.358. The van der Waals surface area contributed by atoms with Crippen molar-refractivity contribution in [2.24, 2.45) is 14.1 Å². The van der Waals surface area contributed by atoms with Gasteiger partial charge in [-0.15, -0.1) is 0 Å². The normalized spacial score (nSPS) is 27.9. The van der Waals surface area contributed by atoms with Gasteiger partial charge in [0.1, 0.15) is 18.3 Å². The molecule has 136 valence electrons. The van der Waals surface area contributed by atoms with E-state index in [0.29, 0.717) is 12.2 Å². The van der Waals surface area contributed by atoms with Crippen LogP contribution in [0.5, 0.6) is 0 Å². The first-order valence-electron chi connectivity index (χ1n) is 8.47. The lowest BCUT2D eigenvalue weighted by molar-refractivity contribution is -0.262. The molecule has 0 unspecified atom stereocenters. The maximum absolute atomic E-state index is 12.4. The Morgan fingerprint density at radius 3 is 2.58 bits per heavy atom. The predicted octanol–water partition coefficient (Wildman–Crippen LogP) is 1.19. The first-order chi connectivity index (χ1) is 12.5. The molecule has 1 aromatic carbocycles. The molecule has 0 spiro atoms. The van der Waals surface area contributed by atoms with Crippen molar-refractivity contribution in [3.8, 4) is 0 Å². The molecule has 26 heavy (non-hydrogen) atoms. The monoisotopic (exact) mass is 356 g/mol. The fourth-order valence-corrected chi connectivity index (χ4v) is 3.27. The molecule has 7 nitrogen and oxygen atoms in total. The van der Waals surface area contributed by atoms with Crippen LogP contribution in [0.2, 0.25) is 0 Å². The summed E-state index contributed by atoms with van der Waals surface area (Å²) in [6.07, 6.45) is 3.69. The number of ether oxygens (including phenoxy) is 3.